The molecular weight excluding hydrogens is 422 g/mol. The molecule has 0 amide bonds. The Morgan fingerprint density at radius 3 is 2.26 bits per heavy atom. The lowest BCUT2D eigenvalue weighted by molar-refractivity contribution is 0.122. The van der Waals surface area contributed by atoms with Crippen molar-refractivity contribution in [3.05, 3.63) is 59.2 Å². The van der Waals surface area contributed by atoms with Crippen LogP contribution in [-0.2, 0) is 4.74 Å². The van der Waals surface area contributed by atoms with Gasteiger partial charge in [-0.1, -0.05) is 45.9 Å². The van der Waals surface area contributed by atoms with Crippen LogP contribution in [0.15, 0.2) is 42.5 Å². The minimum absolute atomic E-state index is 0.431. The molecule has 0 unspecified atom stereocenters. The molecule has 2 aromatic carbocycles. The molecule has 3 nitrogen and oxygen atoms in total. The zero-order chi connectivity index (χ0) is 22.4. The highest BCUT2D eigenvalue weighted by atomic mass is 32.1. The summed E-state index contributed by atoms with van der Waals surface area (Å²) >= 11 is 9.76. The molecule has 0 atom stereocenters. The number of ether oxygens (including phenoxy) is 2. The third-order valence-electron chi connectivity index (χ3n) is 5.62. The summed E-state index contributed by atoms with van der Waals surface area (Å²) in [5, 5.41) is 0. The Balaban J connectivity index is 1.88. The molecule has 1 aliphatic rings. The van der Waals surface area contributed by atoms with Crippen molar-refractivity contribution in [1.82, 2.24) is 0 Å². The summed E-state index contributed by atoms with van der Waals surface area (Å²) in [7, 11) is 0. The standard InChI is InChI=1S/C26H35NO2S2/c1-18(2)11-14-29-24-10-7-21(19(3)4)17-23(24)26(31)25(30)20-5-8-22(9-6-20)27-12-15-28-16-13-27/h5-10,17-19,30-31H,11-16H2,1-4H3/b26-25-. The maximum Gasteiger partial charge on any atom is 0.127 e. The molecule has 0 bridgehead atoms. The predicted molar refractivity (Wildman–Crippen MR) is 140 cm³/mol. The summed E-state index contributed by atoms with van der Waals surface area (Å²) in [5.41, 5.74) is 4.53. The molecule has 0 N–H and O–H groups in total. The van der Waals surface area contributed by atoms with Gasteiger partial charge in [0.2, 0.25) is 0 Å². The van der Waals surface area contributed by atoms with Gasteiger partial charge in [-0.2, -0.15) is 0 Å². The first-order valence-electron chi connectivity index (χ1n) is 11.2. The number of anilines is 1. The maximum absolute atomic E-state index is 6.15. The molecular formula is C26H35NO2S2. The van der Waals surface area contributed by atoms with Crippen molar-refractivity contribution in [3.63, 3.8) is 0 Å². The number of morpholine rings is 1. The lowest BCUT2D eigenvalue weighted by Crippen LogP contribution is -2.36. The van der Waals surface area contributed by atoms with Crippen LogP contribution in [0, 0.1) is 5.92 Å². The minimum Gasteiger partial charge on any atom is -0.493 e. The van der Waals surface area contributed by atoms with Gasteiger partial charge in [-0.3, -0.25) is 0 Å². The molecule has 5 heteroatoms. The van der Waals surface area contributed by atoms with Gasteiger partial charge in [-0.15, -0.1) is 25.3 Å². The zero-order valence-corrected chi connectivity index (χ0v) is 20.9. The fourth-order valence-corrected chi connectivity index (χ4v) is 4.11. The lowest BCUT2D eigenvalue weighted by atomic mass is 9.99. The van der Waals surface area contributed by atoms with Crippen LogP contribution in [0.1, 0.15) is 56.7 Å². The molecule has 168 valence electrons. The number of rotatable bonds is 8. The molecule has 0 aromatic heterocycles. The van der Waals surface area contributed by atoms with Crippen LogP contribution < -0.4 is 9.64 Å². The van der Waals surface area contributed by atoms with E-state index in [4.69, 9.17) is 34.7 Å². The van der Waals surface area contributed by atoms with Gasteiger partial charge in [0, 0.05) is 34.2 Å². The number of benzene rings is 2. The van der Waals surface area contributed by atoms with E-state index < -0.39 is 0 Å². The maximum atomic E-state index is 6.15. The second-order valence-corrected chi connectivity index (χ2v) is 9.68. The number of nitrogens with zero attached hydrogens (tertiary/aromatic N) is 1. The zero-order valence-electron chi connectivity index (χ0n) is 19.1. The average molecular weight is 458 g/mol. The Hall–Kier alpha value is -1.56. The van der Waals surface area contributed by atoms with E-state index in [2.05, 4.69) is 75.1 Å². The average Bonchev–Trinajstić information content (AvgIpc) is 2.78. The highest BCUT2D eigenvalue weighted by molar-refractivity contribution is 7.96. The molecule has 1 aliphatic heterocycles. The van der Waals surface area contributed by atoms with Crippen LogP contribution in [0.2, 0.25) is 0 Å². The SMILES string of the molecule is CC(C)CCOc1ccc(C(C)C)cc1/C(S)=C(/S)c1ccc(N2CCOCC2)cc1. The largest absolute Gasteiger partial charge is 0.493 e. The van der Waals surface area contributed by atoms with E-state index in [-0.39, 0.29) is 0 Å². The summed E-state index contributed by atoms with van der Waals surface area (Å²) in [5.74, 6) is 1.90. The van der Waals surface area contributed by atoms with Gasteiger partial charge in [-0.05, 0) is 53.6 Å². The van der Waals surface area contributed by atoms with Crippen LogP contribution in [0.3, 0.4) is 0 Å². The smallest absolute Gasteiger partial charge is 0.127 e. The van der Waals surface area contributed by atoms with Crippen LogP contribution in [0.4, 0.5) is 5.69 Å². The Kier molecular flexibility index (Phi) is 8.82. The van der Waals surface area contributed by atoms with Gasteiger partial charge >= 0.3 is 0 Å². The minimum atomic E-state index is 0.431. The monoisotopic (exact) mass is 457 g/mol. The molecule has 1 heterocycles. The first-order chi connectivity index (χ1) is 14.9. The Morgan fingerprint density at radius 1 is 0.968 bits per heavy atom. The van der Waals surface area contributed by atoms with Gasteiger partial charge in [0.05, 0.1) is 19.8 Å². The van der Waals surface area contributed by atoms with Gasteiger partial charge in [0.25, 0.3) is 0 Å². The van der Waals surface area contributed by atoms with Crippen molar-refractivity contribution >= 4 is 40.8 Å². The van der Waals surface area contributed by atoms with Gasteiger partial charge < -0.3 is 14.4 Å². The van der Waals surface area contributed by atoms with Crippen molar-refractivity contribution < 1.29 is 9.47 Å². The van der Waals surface area contributed by atoms with Crippen molar-refractivity contribution in [2.45, 2.75) is 40.0 Å². The first kappa shape index (κ1) is 24.1. The molecule has 31 heavy (non-hydrogen) atoms. The first-order valence-corrected chi connectivity index (χ1v) is 12.1. The molecule has 0 radical (unpaired) electrons. The van der Waals surface area contributed by atoms with Crippen molar-refractivity contribution in [2.75, 3.05) is 37.8 Å². The third-order valence-corrected chi connectivity index (χ3v) is 6.74. The summed E-state index contributed by atoms with van der Waals surface area (Å²) < 4.78 is 11.6. The second kappa shape index (κ2) is 11.3. The fraction of sp³-hybridized carbons (Fsp3) is 0.462. The van der Waals surface area contributed by atoms with Crippen LogP contribution in [-0.4, -0.2) is 32.9 Å². The van der Waals surface area contributed by atoms with Crippen molar-refractivity contribution in [1.29, 1.82) is 0 Å². The molecule has 1 fully saturated rings. The number of hydrogen-bond acceptors (Lipinski definition) is 5. The van der Waals surface area contributed by atoms with Crippen molar-refractivity contribution in [2.24, 2.45) is 5.92 Å². The predicted octanol–water partition coefficient (Wildman–Crippen LogP) is 6.76. The number of hydrogen-bond donors (Lipinski definition) is 2. The lowest BCUT2D eigenvalue weighted by Gasteiger charge is -2.29. The molecule has 0 saturated carbocycles. The summed E-state index contributed by atoms with van der Waals surface area (Å²) in [6, 6.07) is 15.0. The summed E-state index contributed by atoms with van der Waals surface area (Å²) in [4.78, 5) is 4.04. The van der Waals surface area contributed by atoms with E-state index in [1.54, 1.807) is 0 Å². The summed E-state index contributed by atoms with van der Waals surface area (Å²) in [6.45, 7) is 12.9. The highest BCUT2D eigenvalue weighted by Gasteiger charge is 2.15. The van der Waals surface area contributed by atoms with Crippen LogP contribution >= 0.6 is 25.3 Å². The molecule has 3 rings (SSSR count). The number of thiol groups is 2. The van der Waals surface area contributed by atoms with E-state index in [0.29, 0.717) is 18.4 Å². The third kappa shape index (κ3) is 6.47. The summed E-state index contributed by atoms with van der Waals surface area (Å²) in [6.07, 6.45) is 1.02. The molecule has 0 aliphatic carbocycles. The van der Waals surface area contributed by atoms with Gasteiger partial charge in [-0.25, -0.2) is 0 Å². The Morgan fingerprint density at radius 2 is 1.65 bits per heavy atom. The normalized spacial score (nSPS) is 15.4. The molecule has 1 saturated heterocycles. The highest BCUT2D eigenvalue weighted by Crippen LogP contribution is 2.38. The Labute approximate surface area is 198 Å². The fourth-order valence-electron chi connectivity index (χ4n) is 3.54. The molecule has 2 aromatic rings. The van der Waals surface area contributed by atoms with E-state index in [9.17, 15) is 0 Å². The van der Waals surface area contributed by atoms with Crippen LogP contribution in [0.5, 0.6) is 5.75 Å². The van der Waals surface area contributed by atoms with Crippen LogP contribution in [0.25, 0.3) is 9.81 Å². The van der Waals surface area contributed by atoms with Gasteiger partial charge in [0.15, 0.2) is 0 Å². The topological polar surface area (TPSA) is 21.7 Å². The van der Waals surface area contributed by atoms with E-state index >= 15 is 0 Å². The molecule has 0 spiro atoms. The second-order valence-electron chi connectivity index (χ2n) is 8.78. The van der Waals surface area contributed by atoms with Crippen molar-refractivity contribution in [3.8, 4) is 5.75 Å². The van der Waals surface area contributed by atoms with E-state index in [0.717, 1.165) is 59.4 Å². The Bertz CT molecular complexity index is 885. The van der Waals surface area contributed by atoms with Gasteiger partial charge in [0.1, 0.15) is 5.75 Å². The van der Waals surface area contributed by atoms with E-state index in [1.807, 2.05) is 0 Å². The van der Waals surface area contributed by atoms with E-state index in [1.165, 1.54) is 11.3 Å². The quantitative estimate of drug-likeness (QED) is 0.338.